The molecule has 0 aliphatic heterocycles. The van der Waals surface area contributed by atoms with Gasteiger partial charge in [0.1, 0.15) is 0 Å². The first-order chi connectivity index (χ1) is 7.02. The average Bonchev–Trinajstić information content (AvgIpc) is 2.18. The predicted molar refractivity (Wildman–Crippen MR) is 53.6 cm³/mol. The summed E-state index contributed by atoms with van der Waals surface area (Å²) in [6.45, 7) is 1.46. The van der Waals surface area contributed by atoms with Gasteiger partial charge in [-0.1, -0.05) is 18.2 Å². The smallest absolute Gasteiger partial charge is 0.335 e. The lowest BCUT2D eigenvalue weighted by molar-refractivity contribution is -0.517. The fraction of sp³-hybridized carbons (Fsp3) is 0.300. The van der Waals surface area contributed by atoms with Crippen LogP contribution in [0.4, 0.5) is 0 Å². The lowest BCUT2D eigenvalue weighted by Gasteiger charge is -2.06. The number of hydrogen-bond donors (Lipinski definition) is 1. The zero-order valence-electron chi connectivity index (χ0n) is 8.21. The van der Waals surface area contributed by atoms with E-state index in [0.717, 1.165) is 0 Å². The van der Waals surface area contributed by atoms with Crippen LogP contribution in [0.25, 0.3) is 0 Å². The van der Waals surface area contributed by atoms with Crippen molar-refractivity contribution in [2.24, 2.45) is 0 Å². The van der Waals surface area contributed by atoms with E-state index in [9.17, 15) is 14.9 Å². The zero-order valence-corrected chi connectivity index (χ0v) is 8.21. The Bertz CT molecular complexity index is 389. The molecule has 0 radical (unpaired) electrons. The second-order valence-corrected chi connectivity index (χ2v) is 3.30. The predicted octanol–water partition coefficient (Wildman–Crippen LogP) is 1.59. The van der Waals surface area contributed by atoms with Crippen LogP contribution in [-0.4, -0.2) is 22.0 Å². The van der Waals surface area contributed by atoms with Crippen molar-refractivity contribution in [3.63, 3.8) is 0 Å². The third kappa shape index (κ3) is 2.77. The number of nitrogens with zero attached hydrogens (tertiary/aromatic N) is 1. The van der Waals surface area contributed by atoms with E-state index in [1.807, 2.05) is 0 Å². The molecule has 1 aromatic rings. The maximum atomic E-state index is 10.8. The molecular formula is C10H11NO4. The van der Waals surface area contributed by atoms with E-state index in [1.165, 1.54) is 13.0 Å². The molecule has 0 amide bonds. The van der Waals surface area contributed by atoms with Crippen molar-refractivity contribution in [1.29, 1.82) is 0 Å². The average molecular weight is 209 g/mol. The maximum absolute atomic E-state index is 10.8. The van der Waals surface area contributed by atoms with Crippen molar-refractivity contribution in [2.75, 3.05) is 0 Å². The zero-order chi connectivity index (χ0) is 11.4. The molecule has 0 aliphatic rings. The molecule has 0 aromatic heterocycles. The Balaban J connectivity index is 2.94. The van der Waals surface area contributed by atoms with E-state index in [2.05, 4.69) is 0 Å². The summed E-state index contributed by atoms with van der Waals surface area (Å²) >= 11 is 0. The minimum atomic E-state index is -1.05. The van der Waals surface area contributed by atoms with Crippen LogP contribution in [0.3, 0.4) is 0 Å². The van der Waals surface area contributed by atoms with Gasteiger partial charge in [-0.25, -0.2) is 4.79 Å². The van der Waals surface area contributed by atoms with Crippen LogP contribution in [0.15, 0.2) is 24.3 Å². The van der Waals surface area contributed by atoms with Gasteiger partial charge < -0.3 is 5.11 Å². The lowest BCUT2D eigenvalue weighted by Crippen LogP contribution is -2.19. The molecule has 1 aromatic carbocycles. The number of hydrogen-bond acceptors (Lipinski definition) is 3. The summed E-state index contributed by atoms with van der Waals surface area (Å²) in [5.41, 5.74) is 0.625. The summed E-state index contributed by atoms with van der Waals surface area (Å²) < 4.78 is 0. The third-order valence-electron chi connectivity index (χ3n) is 2.12. The monoisotopic (exact) mass is 209 g/mol. The van der Waals surface area contributed by atoms with Crippen LogP contribution < -0.4 is 0 Å². The van der Waals surface area contributed by atoms with Gasteiger partial charge in [-0.2, -0.15) is 0 Å². The van der Waals surface area contributed by atoms with Crippen LogP contribution in [0, 0.1) is 10.1 Å². The summed E-state index contributed by atoms with van der Waals surface area (Å²) in [6.07, 6.45) is 0.134. The van der Waals surface area contributed by atoms with Gasteiger partial charge in [-0.3, -0.25) is 10.1 Å². The third-order valence-corrected chi connectivity index (χ3v) is 2.12. The second kappa shape index (κ2) is 4.54. The molecule has 5 nitrogen and oxygen atoms in total. The molecule has 0 aliphatic carbocycles. The summed E-state index contributed by atoms with van der Waals surface area (Å²) in [6, 6.07) is 5.55. The van der Waals surface area contributed by atoms with Crippen LogP contribution >= 0.6 is 0 Å². The van der Waals surface area contributed by atoms with E-state index in [1.54, 1.807) is 18.2 Å². The molecular weight excluding hydrogens is 198 g/mol. The van der Waals surface area contributed by atoms with E-state index < -0.39 is 16.9 Å². The van der Waals surface area contributed by atoms with Gasteiger partial charge in [-0.15, -0.1) is 0 Å². The summed E-state index contributed by atoms with van der Waals surface area (Å²) in [5.74, 6) is -1.05. The molecule has 0 fully saturated rings. The van der Waals surface area contributed by atoms with Crippen molar-refractivity contribution < 1.29 is 14.8 Å². The molecule has 1 rings (SSSR count). The number of benzene rings is 1. The van der Waals surface area contributed by atoms with Gasteiger partial charge in [0.05, 0.1) is 5.56 Å². The van der Waals surface area contributed by atoms with E-state index in [0.29, 0.717) is 5.56 Å². The Morgan fingerprint density at radius 3 is 2.67 bits per heavy atom. The molecule has 1 N–H and O–H groups in total. The summed E-state index contributed by atoms with van der Waals surface area (Å²) in [5, 5.41) is 19.3. The van der Waals surface area contributed by atoms with Gasteiger partial charge >= 0.3 is 5.97 Å². The van der Waals surface area contributed by atoms with Crippen LogP contribution in [0.5, 0.6) is 0 Å². The van der Waals surface area contributed by atoms with Crippen molar-refractivity contribution in [3.8, 4) is 0 Å². The van der Waals surface area contributed by atoms with Gasteiger partial charge in [0.15, 0.2) is 0 Å². The topological polar surface area (TPSA) is 80.4 Å². The highest BCUT2D eigenvalue weighted by Crippen LogP contribution is 2.12. The number of carbonyl (C=O) groups is 1. The molecule has 0 heterocycles. The Morgan fingerprint density at radius 1 is 1.53 bits per heavy atom. The highest BCUT2D eigenvalue weighted by Gasteiger charge is 2.17. The first kappa shape index (κ1) is 11.2. The van der Waals surface area contributed by atoms with Crippen LogP contribution in [0.1, 0.15) is 22.8 Å². The standard InChI is InChI=1S/C10H11NO4/c1-7(11(14)15)6-8-4-2-3-5-9(8)10(12)13/h2-5,7H,6H2,1H3,(H,12,13)/t7-/m1/s1. The highest BCUT2D eigenvalue weighted by atomic mass is 16.6. The first-order valence-corrected chi connectivity index (χ1v) is 4.47. The molecule has 0 unspecified atom stereocenters. The minimum absolute atomic E-state index is 0.131. The van der Waals surface area contributed by atoms with Crippen LogP contribution in [-0.2, 0) is 6.42 Å². The Labute approximate surface area is 86.5 Å². The molecule has 1 atom stereocenters. The van der Waals surface area contributed by atoms with Crippen molar-refractivity contribution >= 4 is 5.97 Å². The maximum Gasteiger partial charge on any atom is 0.335 e. The molecule has 0 saturated heterocycles. The molecule has 5 heteroatoms. The molecule has 0 bridgehead atoms. The Hall–Kier alpha value is -1.91. The summed E-state index contributed by atoms with van der Waals surface area (Å²) in [7, 11) is 0. The van der Waals surface area contributed by atoms with Gasteiger partial charge in [0.25, 0.3) is 0 Å². The van der Waals surface area contributed by atoms with Gasteiger partial charge in [0.2, 0.25) is 6.04 Å². The minimum Gasteiger partial charge on any atom is -0.478 e. The van der Waals surface area contributed by atoms with E-state index in [-0.39, 0.29) is 12.0 Å². The second-order valence-electron chi connectivity index (χ2n) is 3.30. The number of carboxylic acid groups (broad SMARTS) is 1. The van der Waals surface area contributed by atoms with Crippen molar-refractivity contribution in [1.82, 2.24) is 0 Å². The number of nitro groups is 1. The number of carboxylic acids is 1. The number of aromatic carboxylic acids is 1. The van der Waals surface area contributed by atoms with E-state index in [4.69, 9.17) is 5.11 Å². The largest absolute Gasteiger partial charge is 0.478 e. The van der Waals surface area contributed by atoms with Gasteiger partial charge in [0, 0.05) is 18.3 Å². The molecule has 0 saturated carbocycles. The highest BCUT2D eigenvalue weighted by molar-refractivity contribution is 5.89. The normalized spacial score (nSPS) is 12.1. The Morgan fingerprint density at radius 2 is 2.13 bits per heavy atom. The molecule has 0 spiro atoms. The van der Waals surface area contributed by atoms with E-state index >= 15 is 0 Å². The fourth-order valence-corrected chi connectivity index (χ4v) is 1.30. The quantitative estimate of drug-likeness (QED) is 0.603. The van der Waals surface area contributed by atoms with Crippen molar-refractivity contribution in [3.05, 3.63) is 45.5 Å². The van der Waals surface area contributed by atoms with Gasteiger partial charge in [-0.05, 0) is 11.6 Å². The fourth-order valence-electron chi connectivity index (χ4n) is 1.30. The molecule has 80 valence electrons. The number of rotatable bonds is 4. The molecule has 15 heavy (non-hydrogen) atoms. The first-order valence-electron chi connectivity index (χ1n) is 4.47. The van der Waals surface area contributed by atoms with Crippen molar-refractivity contribution in [2.45, 2.75) is 19.4 Å². The van der Waals surface area contributed by atoms with Crippen LogP contribution in [0.2, 0.25) is 0 Å². The lowest BCUT2D eigenvalue weighted by atomic mass is 10.0. The SMILES string of the molecule is C[C@H](Cc1ccccc1C(=O)O)[N+](=O)[O-]. The Kier molecular flexibility index (Phi) is 3.38. The summed E-state index contributed by atoms with van der Waals surface area (Å²) in [4.78, 5) is 20.8.